The Labute approximate surface area is 118 Å². The van der Waals surface area contributed by atoms with Crippen molar-refractivity contribution in [3.05, 3.63) is 58.9 Å². The predicted molar refractivity (Wildman–Crippen MR) is 77.5 cm³/mol. The maximum atomic E-state index is 6.23. The monoisotopic (exact) mass is 276 g/mol. The molecule has 1 atom stereocenters. The number of benzene rings is 1. The number of rotatable bonds is 5. The van der Waals surface area contributed by atoms with Gasteiger partial charge in [0.15, 0.2) is 0 Å². The molecule has 19 heavy (non-hydrogen) atoms. The van der Waals surface area contributed by atoms with E-state index in [4.69, 9.17) is 22.1 Å². The Bertz CT molecular complexity index is 545. The van der Waals surface area contributed by atoms with Gasteiger partial charge in [0, 0.05) is 11.2 Å². The summed E-state index contributed by atoms with van der Waals surface area (Å²) in [6, 6.07) is 9.18. The molecule has 0 spiro atoms. The minimum Gasteiger partial charge on any atom is -0.492 e. The van der Waals surface area contributed by atoms with Crippen molar-refractivity contribution in [2.75, 3.05) is 6.61 Å². The number of hydrogen-bond acceptors (Lipinski definition) is 3. The molecule has 1 aromatic heterocycles. The predicted octanol–water partition coefficient (Wildman–Crippen LogP) is 3.57. The lowest BCUT2D eigenvalue weighted by molar-refractivity contribution is 0.315. The second kappa shape index (κ2) is 6.55. The number of nitrogens with two attached hydrogens (primary N) is 1. The van der Waals surface area contributed by atoms with E-state index in [2.05, 4.69) is 11.9 Å². The Morgan fingerprint density at radius 1 is 1.32 bits per heavy atom. The maximum Gasteiger partial charge on any atom is 0.137 e. The van der Waals surface area contributed by atoms with E-state index in [0.29, 0.717) is 11.6 Å². The summed E-state index contributed by atoms with van der Waals surface area (Å²) in [6.45, 7) is 2.74. The molecule has 2 aromatic rings. The first-order valence-electron chi connectivity index (χ1n) is 6.30. The molecule has 0 saturated heterocycles. The van der Waals surface area contributed by atoms with Gasteiger partial charge in [-0.2, -0.15) is 0 Å². The standard InChI is InChI=1S/C15H17ClN2O/c1-2-7-19-12-8-11(9-18-10-12)15(17)13-5-3-4-6-14(13)16/h3-6,8-10,15H,2,7,17H2,1H3. The van der Waals surface area contributed by atoms with Crippen LogP contribution in [0.15, 0.2) is 42.7 Å². The van der Waals surface area contributed by atoms with Crippen LogP contribution in [0, 0.1) is 0 Å². The van der Waals surface area contributed by atoms with Crippen LogP contribution in [0.2, 0.25) is 5.02 Å². The Morgan fingerprint density at radius 2 is 2.11 bits per heavy atom. The van der Waals surface area contributed by atoms with E-state index in [1.807, 2.05) is 30.3 Å². The molecule has 0 saturated carbocycles. The zero-order valence-corrected chi connectivity index (χ0v) is 11.6. The molecule has 2 rings (SSSR count). The highest BCUT2D eigenvalue weighted by molar-refractivity contribution is 6.31. The molecule has 0 fully saturated rings. The van der Waals surface area contributed by atoms with Crippen LogP contribution < -0.4 is 10.5 Å². The SMILES string of the molecule is CCCOc1cncc(C(N)c2ccccc2Cl)c1. The first kappa shape index (κ1) is 13.8. The van der Waals surface area contributed by atoms with E-state index in [9.17, 15) is 0 Å². The Morgan fingerprint density at radius 3 is 2.84 bits per heavy atom. The van der Waals surface area contributed by atoms with Crippen molar-refractivity contribution in [2.45, 2.75) is 19.4 Å². The third kappa shape index (κ3) is 3.46. The highest BCUT2D eigenvalue weighted by atomic mass is 35.5. The third-order valence-electron chi connectivity index (χ3n) is 2.81. The van der Waals surface area contributed by atoms with Crippen molar-refractivity contribution in [2.24, 2.45) is 5.73 Å². The molecule has 0 radical (unpaired) electrons. The molecule has 100 valence electrons. The highest BCUT2D eigenvalue weighted by Crippen LogP contribution is 2.27. The highest BCUT2D eigenvalue weighted by Gasteiger charge is 2.13. The van der Waals surface area contributed by atoms with E-state index in [1.54, 1.807) is 12.4 Å². The lowest BCUT2D eigenvalue weighted by atomic mass is 10.0. The van der Waals surface area contributed by atoms with E-state index in [-0.39, 0.29) is 6.04 Å². The third-order valence-corrected chi connectivity index (χ3v) is 3.15. The number of nitrogens with zero attached hydrogens (tertiary/aromatic N) is 1. The van der Waals surface area contributed by atoms with Gasteiger partial charge in [-0.25, -0.2) is 0 Å². The van der Waals surface area contributed by atoms with Crippen molar-refractivity contribution < 1.29 is 4.74 Å². The lowest BCUT2D eigenvalue weighted by Gasteiger charge is -2.14. The topological polar surface area (TPSA) is 48.1 Å². The van der Waals surface area contributed by atoms with E-state index in [0.717, 1.165) is 23.3 Å². The van der Waals surface area contributed by atoms with Crippen LogP contribution in [0.4, 0.5) is 0 Å². The maximum absolute atomic E-state index is 6.23. The molecule has 4 heteroatoms. The van der Waals surface area contributed by atoms with E-state index in [1.165, 1.54) is 0 Å². The van der Waals surface area contributed by atoms with Gasteiger partial charge in [0.25, 0.3) is 0 Å². The fourth-order valence-electron chi connectivity index (χ4n) is 1.81. The van der Waals surface area contributed by atoms with Gasteiger partial charge < -0.3 is 10.5 Å². The summed E-state index contributed by atoms with van der Waals surface area (Å²) in [6.07, 6.45) is 4.39. The molecule has 0 amide bonds. The Balaban J connectivity index is 2.24. The second-order valence-corrected chi connectivity index (χ2v) is 4.71. The molecule has 0 aliphatic rings. The van der Waals surface area contributed by atoms with Crippen LogP contribution >= 0.6 is 11.6 Å². The van der Waals surface area contributed by atoms with Crippen LogP contribution in [0.1, 0.15) is 30.5 Å². The summed E-state index contributed by atoms with van der Waals surface area (Å²) >= 11 is 6.16. The average molecular weight is 277 g/mol. The van der Waals surface area contributed by atoms with Gasteiger partial charge in [-0.1, -0.05) is 36.7 Å². The summed E-state index contributed by atoms with van der Waals surface area (Å²) in [4.78, 5) is 4.17. The molecule has 1 unspecified atom stereocenters. The molecule has 0 aliphatic carbocycles. The number of halogens is 1. The quantitative estimate of drug-likeness (QED) is 0.908. The Hall–Kier alpha value is -1.58. The van der Waals surface area contributed by atoms with Crippen molar-refractivity contribution >= 4 is 11.6 Å². The van der Waals surface area contributed by atoms with E-state index < -0.39 is 0 Å². The first-order valence-corrected chi connectivity index (χ1v) is 6.68. The first-order chi connectivity index (χ1) is 9.22. The van der Waals surface area contributed by atoms with Crippen LogP contribution in [-0.2, 0) is 0 Å². The fourth-order valence-corrected chi connectivity index (χ4v) is 2.06. The van der Waals surface area contributed by atoms with Gasteiger partial charge in [0.05, 0.1) is 18.8 Å². The van der Waals surface area contributed by atoms with Gasteiger partial charge in [0.2, 0.25) is 0 Å². The van der Waals surface area contributed by atoms with Crippen molar-refractivity contribution in [1.29, 1.82) is 0 Å². The fraction of sp³-hybridized carbons (Fsp3) is 0.267. The summed E-state index contributed by atoms with van der Waals surface area (Å²) in [5.74, 6) is 0.738. The summed E-state index contributed by atoms with van der Waals surface area (Å²) in [5, 5.41) is 0.662. The largest absolute Gasteiger partial charge is 0.492 e. The zero-order valence-electron chi connectivity index (χ0n) is 10.8. The smallest absolute Gasteiger partial charge is 0.137 e. The summed E-state index contributed by atoms with van der Waals surface area (Å²) in [5.41, 5.74) is 8.01. The van der Waals surface area contributed by atoms with Gasteiger partial charge in [0.1, 0.15) is 5.75 Å². The molecule has 1 heterocycles. The normalized spacial score (nSPS) is 12.2. The van der Waals surface area contributed by atoms with Gasteiger partial charge in [-0.05, 0) is 29.7 Å². The lowest BCUT2D eigenvalue weighted by Crippen LogP contribution is -2.13. The molecule has 3 nitrogen and oxygen atoms in total. The van der Waals surface area contributed by atoms with Crippen molar-refractivity contribution in [3.8, 4) is 5.75 Å². The van der Waals surface area contributed by atoms with Gasteiger partial charge in [-0.3, -0.25) is 4.98 Å². The Kier molecular flexibility index (Phi) is 4.77. The molecule has 2 N–H and O–H groups in total. The number of ether oxygens (including phenoxy) is 1. The summed E-state index contributed by atoms with van der Waals surface area (Å²) in [7, 11) is 0. The summed E-state index contributed by atoms with van der Waals surface area (Å²) < 4.78 is 5.56. The van der Waals surface area contributed by atoms with Crippen LogP contribution in [-0.4, -0.2) is 11.6 Å². The van der Waals surface area contributed by atoms with Crippen LogP contribution in [0.25, 0.3) is 0 Å². The molecule has 0 bridgehead atoms. The second-order valence-electron chi connectivity index (χ2n) is 4.30. The van der Waals surface area contributed by atoms with Gasteiger partial charge >= 0.3 is 0 Å². The van der Waals surface area contributed by atoms with Crippen LogP contribution in [0.5, 0.6) is 5.75 Å². The molecule has 0 aliphatic heterocycles. The minimum atomic E-state index is -0.300. The van der Waals surface area contributed by atoms with E-state index >= 15 is 0 Å². The number of pyridine rings is 1. The average Bonchev–Trinajstić information content (AvgIpc) is 2.45. The molecular weight excluding hydrogens is 260 g/mol. The van der Waals surface area contributed by atoms with Crippen molar-refractivity contribution in [1.82, 2.24) is 4.98 Å². The van der Waals surface area contributed by atoms with Crippen LogP contribution in [0.3, 0.4) is 0 Å². The molecule has 1 aromatic carbocycles. The van der Waals surface area contributed by atoms with Gasteiger partial charge in [-0.15, -0.1) is 0 Å². The number of aromatic nitrogens is 1. The van der Waals surface area contributed by atoms with Crippen molar-refractivity contribution in [3.63, 3.8) is 0 Å². The zero-order chi connectivity index (χ0) is 13.7. The molecular formula is C15H17ClN2O. The minimum absolute atomic E-state index is 0.300. The number of hydrogen-bond donors (Lipinski definition) is 1.